The van der Waals surface area contributed by atoms with E-state index in [-0.39, 0.29) is 0 Å². The summed E-state index contributed by atoms with van der Waals surface area (Å²) >= 11 is 0. The third-order valence-corrected chi connectivity index (χ3v) is 7.24. The first-order chi connectivity index (χ1) is 19.7. The highest BCUT2D eigenvalue weighted by Crippen LogP contribution is 2.31. The molecule has 194 valence electrons. The lowest BCUT2D eigenvalue weighted by molar-refractivity contribution is 0.664. The van der Waals surface area contributed by atoms with Crippen LogP contribution in [0.2, 0.25) is 0 Å². The topological polar surface area (TPSA) is 25.2 Å². The zero-order valence-corrected chi connectivity index (χ0v) is 22.6. The Bertz CT molecular complexity index is 1870. The fourth-order valence-corrected chi connectivity index (χ4v) is 5.22. The Hall–Kier alpha value is -5.08. The molecule has 6 rings (SSSR count). The van der Waals surface area contributed by atoms with Gasteiger partial charge >= 0.3 is 0 Å². The van der Waals surface area contributed by atoms with Crippen molar-refractivity contribution >= 4 is 27.6 Å². The molecule has 1 N–H and O–H groups in total. The van der Waals surface area contributed by atoms with Crippen LogP contribution in [0.15, 0.2) is 156 Å². The van der Waals surface area contributed by atoms with E-state index in [2.05, 4.69) is 134 Å². The molecular weight excluding hydrogens is 486 g/mol. The first-order valence-electron chi connectivity index (χ1n) is 13.6. The van der Waals surface area contributed by atoms with Crippen LogP contribution >= 0.6 is 0 Å². The van der Waals surface area contributed by atoms with Crippen LogP contribution in [0.3, 0.4) is 0 Å². The second-order valence-corrected chi connectivity index (χ2v) is 9.95. The van der Waals surface area contributed by atoms with Crippen molar-refractivity contribution in [2.24, 2.45) is 0 Å². The molecule has 0 atom stereocenters. The molecule has 1 aromatic heterocycles. The number of benzene rings is 5. The molecule has 0 spiro atoms. The van der Waals surface area contributed by atoms with Crippen molar-refractivity contribution in [3.63, 3.8) is 0 Å². The minimum absolute atomic E-state index is 0.767. The van der Waals surface area contributed by atoms with Crippen LogP contribution in [0.4, 0.5) is 5.69 Å². The molecule has 0 unspecified atom stereocenters. The molecule has 6 aromatic rings. The molecule has 0 saturated heterocycles. The number of hydrogen-bond donors (Lipinski definition) is 1. The minimum Gasteiger partial charge on any atom is -0.456 e. The molecule has 0 aliphatic rings. The smallest absolute Gasteiger partial charge is 0.138 e. The third kappa shape index (κ3) is 5.25. The Balaban J connectivity index is 1.17. The Kier molecular flexibility index (Phi) is 7.15. The average molecular weight is 518 g/mol. The highest BCUT2D eigenvalue weighted by atomic mass is 16.3. The summed E-state index contributed by atoms with van der Waals surface area (Å²) in [4.78, 5) is 0. The number of para-hydroxylation sites is 2. The molecule has 0 aliphatic carbocycles. The van der Waals surface area contributed by atoms with Gasteiger partial charge in [0.15, 0.2) is 0 Å². The van der Waals surface area contributed by atoms with Crippen molar-refractivity contribution in [2.45, 2.75) is 13.3 Å². The average Bonchev–Trinajstić information content (AvgIpc) is 3.38. The van der Waals surface area contributed by atoms with Crippen molar-refractivity contribution in [2.75, 3.05) is 5.32 Å². The molecule has 0 saturated carbocycles. The zero-order chi connectivity index (χ0) is 27.3. The van der Waals surface area contributed by atoms with E-state index in [0.29, 0.717) is 0 Å². The summed E-state index contributed by atoms with van der Waals surface area (Å²) in [5, 5.41) is 5.84. The van der Waals surface area contributed by atoms with Crippen LogP contribution < -0.4 is 5.32 Å². The van der Waals surface area contributed by atoms with Crippen LogP contribution in [-0.2, 0) is 6.42 Å². The van der Waals surface area contributed by atoms with Crippen LogP contribution in [0.25, 0.3) is 44.2 Å². The summed E-state index contributed by atoms with van der Waals surface area (Å²) < 4.78 is 6.19. The van der Waals surface area contributed by atoms with Gasteiger partial charge in [-0.15, -0.1) is 0 Å². The number of furan rings is 1. The van der Waals surface area contributed by atoms with Gasteiger partial charge in [0, 0.05) is 22.2 Å². The van der Waals surface area contributed by atoms with Gasteiger partial charge in [-0.3, -0.25) is 0 Å². The standard InChI is InChI=1S/C38H31NO/c1-3-11-32(17-9-13-29-14-10-20-36-35-19-6-7-21-37(35)40-38(29)36)39-33-24-22-28(23-25-33)30-15-8-16-31(26-30)34-18-5-4-12-27(34)2/h3-12,14-26,39H,1,13H2,2H3/b17-9-,32-11+. The number of fused-ring (bicyclic) bond motifs is 3. The first-order valence-corrected chi connectivity index (χ1v) is 13.6. The minimum atomic E-state index is 0.767. The van der Waals surface area contributed by atoms with Crippen molar-refractivity contribution in [3.05, 3.63) is 163 Å². The maximum absolute atomic E-state index is 6.19. The zero-order valence-electron chi connectivity index (χ0n) is 22.6. The van der Waals surface area contributed by atoms with Gasteiger partial charge in [-0.25, -0.2) is 0 Å². The van der Waals surface area contributed by atoms with E-state index in [1.807, 2.05) is 18.2 Å². The predicted octanol–water partition coefficient (Wildman–Crippen LogP) is 10.5. The van der Waals surface area contributed by atoms with Crippen LogP contribution in [0.1, 0.15) is 11.1 Å². The van der Waals surface area contributed by atoms with E-state index in [9.17, 15) is 0 Å². The fraction of sp³-hybridized carbons (Fsp3) is 0.0526. The van der Waals surface area contributed by atoms with E-state index in [0.717, 1.165) is 39.7 Å². The fourth-order valence-electron chi connectivity index (χ4n) is 5.22. The maximum Gasteiger partial charge on any atom is 0.138 e. The molecule has 5 aromatic carbocycles. The van der Waals surface area contributed by atoms with Gasteiger partial charge < -0.3 is 9.73 Å². The van der Waals surface area contributed by atoms with Crippen LogP contribution in [0, 0.1) is 6.92 Å². The predicted molar refractivity (Wildman–Crippen MR) is 171 cm³/mol. The highest BCUT2D eigenvalue weighted by Gasteiger charge is 2.09. The molecule has 0 amide bonds. The summed E-state index contributed by atoms with van der Waals surface area (Å²) in [5.74, 6) is 0. The number of anilines is 1. The molecule has 0 bridgehead atoms. The summed E-state index contributed by atoms with van der Waals surface area (Å²) in [7, 11) is 0. The van der Waals surface area contributed by atoms with E-state index in [1.165, 1.54) is 33.4 Å². The molecule has 2 heteroatoms. The lowest BCUT2D eigenvalue weighted by Crippen LogP contribution is -1.97. The normalized spacial score (nSPS) is 11.9. The number of nitrogens with one attached hydrogen (secondary N) is 1. The second kappa shape index (κ2) is 11.3. The molecule has 0 fully saturated rings. The molecule has 1 heterocycles. The van der Waals surface area contributed by atoms with Crippen LogP contribution in [-0.4, -0.2) is 0 Å². The number of allylic oxidation sites excluding steroid dienone is 4. The van der Waals surface area contributed by atoms with Crippen LogP contribution in [0.5, 0.6) is 0 Å². The largest absolute Gasteiger partial charge is 0.456 e. The summed E-state index contributed by atoms with van der Waals surface area (Å²) in [6.45, 7) is 6.06. The molecule has 40 heavy (non-hydrogen) atoms. The number of hydrogen-bond acceptors (Lipinski definition) is 2. The van der Waals surface area contributed by atoms with Gasteiger partial charge in [-0.05, 0) is 83.1 Å². The lowest BCUT2D eigenvalue weighted by Gasteiger charge is -2.11. The Morgan fingerprint density at radius 1 is 0.750 bits per heavy atom. The number of rotatable bonds is 8. The summed E-state index contributed by atoms with van der Waals surface area (Å²) in [6, 6.07) is 40.4. The monoisotopic (exact) mass is 517 g/mol. The SMILES string of the molecule is C=C/C=C(\C=C/Cc1cccc2c1oc1ccccc12)Nc1ccc(-c2cccc(-c3ccccc3C)c2)cc1. The lowest BCUT2D eigenvalue weighted by atomic mass is 9.96. The maximum atomic E-state index is 6.19. The van der Waals surface area contributed by atoms with Gasteiger partial charge in [0.25, 0.3) is 0 Å². The van der Waals surface area contributed by atoms with Crippen molar-refractivity contribution in [1.29, 1.82) is 0 Å². The van der Waals surface area contributed by atoms with Gasteiger partial charge in [-0.2, -0.15) is 0 Å². The second-order valence-electron chi connectivity index (χ2n) is 9.95. The first kappa shape index (κ1) is 25.2. The summed E-state index contributed by atoms with van der Waals surface area (Å²) in [6.07, 6.45) is 8.82. The molecular formula is C38H31NO. The third-order valence-electron chi connectivity index (χ3n) is 7.24. The van der Waals surface area contributed by atoms with E-state index in [4.69, 9.17) is 4.42 Å². The van der Waals surface area contributed by atoms with Gasteiger partial charge in [-0.1, -0.05) is 110 Å². The van der Waals surface area contributed by atoms with E-state index >= 15 is 0 Å². The molecule has 2 nitrogen and oxygen atoms in total. The quantitative estimate of drug-likeness (QED) is 0.203. The highest BCUT2D eigenvalue weighted by molar-refractivity contribution is 6.05. The van der Waals surface area contributed by atoms with Gasteiger partial charge in [0.1, 0.15) is 11.2 Å². The van der Waals surface area contributed by atoms with E-state index in [1.54, 1.807) is 6.08 Å². The van der Waals surface area contributed by atoms with Gasteiger partial charge in [0.2, 0.25) is 0 Å². The number of aryl methyl sites for hydroxylation is 1. The van der Waals surface area contributed by atoms with Gasteiger partial charge in [0.05, 0.1) is 0 Å². The van der Waals surface area contributed by atoms with Crippen molar-refractivity contribution in [3.8, 4) is 22.3 Å². The Morgan fingerprint density at radius 3 is 2.35 bits per heavy atom. The Morgan fingerprint density at radius 2 is 1.50 bits per heavy atom. The van der Waals surface area contributed by atoms with Crippen molar-refractivity contribution in [1.82, 2.24) is 0 Å². The summed E-state index contributed by atoms with van der Waals surface area (Å²) in [5.41, 5.74) is 11.2. The molecule has 0 radical (unpaired) electrons. The van der Waals surface area contributed by atoms with E-state index < -0.39 is 0 Å². The van der Waals surface area contributed by atoms with Crippen molar-refractivity contribution < 1.29 is 4.42 Å². The molecule has 0 aliphatic heterocycles. The Labute approximate surface area is 235 Å².